The summed E-state index contributed by atoms with van der Waals surface area (Å²) in [6, 6.07) is 2.04. The Morgan fingerprint density at radius 1 is 0.867 bits per heavy atom. The van der Waals surface area contributed by atoms with E-state index < -0.39 is 21.7 Å². The molecule has 0 aliphatic carbocycles. The van der Waals surface area contributed by atoms with Gasteiger partial charge in [-0.05, 0) is 0 Å². The van der Waals surface area contributed by atoms with Crippen molar-refractivity contribution in [1.29, 1.82) is 0 Å². The third-order valence-electron chi connectivity index (χ3n) is 3.64. The van der Waals surface area contributed by atoms with Crippen LogP contribution in [-0.2, 0) is 0 Å². The molecule has 0 saturated carbocycles. The number of hydrogen-bond donors (Lipinski definition) is 4. The molecule has 0 aliphatic heterocycles. The Hall–Kier alpha value is -4.62. The van der Waals surface area contributed by atoms with Crippen LogP contribution in [0.15, 0.2) is 36.7 Å². The monoisotopic (exact) mass is 416 g/mol. The fourth-order valence-electron chi connectivity index (χ4n) is 2.24. The summed E-state index contributed by atoms with van der Waals surface area (Å²) in [7, 11) is 0. The first kappa shape index (κ1) is 21.7. The van der Waals surface area contributed by atoms with Crippen LogP contribution in [0.2, 0.25) is 0 Å². The lowest BCUT2D eigenvalue weighted by Gasteiger charge is -2.08. The van der Waals surface area contributed by atoms with Crippen molar-refractivity contribution in [2.45, 2.75) is 0 Å². The number of aromatic nitrogens is 2. The van der Waals surface area contributed by atoms with Crippen LogP contribution in [0, 0.1) is 20.2 Å². The van der Waals surface area contributed by atoms with E-state index in [0.29, 0.717) is 0 Å². The zero-order chi connectivity index (χ0) is 22.3. The summed E-state index contributed by atoms with van der Waals surface area (Å²) in [4.78, 5) is 50.7. The summed E-state index contributed by atoms with van der Waals surface area (Å²) in [6.07, 6.45) is 5.25. The van der Waals surface area contributed by atoms with Gasteiger partial charge in [0, 0.05) is 25.2 Å². The van der Waals surface area contributed by atoms with Crippen molar-refractivity contribution >= 4 is 34.8 Å². The molecule has 0 saturated heterocycles. The molecule has 0 radical (unpaired) electrons. The molecule has 0 aliphatic rings. The molecule has 2 rings (SSSR count). The maximum absolute atomic E-state index is 11.4. The summed E-state index contributed by atoms with van der Waals surface area (Å²) in [5, 5.41) is 27.1. The van der Waals surface area contributed by atoms with E-state index in [-0.39, 0.29) is 47.2 Å². The average Bonchev–Trinajstić information content (AvgIpc) is 2.70. The highest BCUT2D eigenvalue weighted by atomic mass is 16.6. The molecule has 14 heteroatoms. The highest BCUT2D eigenvalue weighted by Gasteiger charge is 2.16. The largest absolute Gasteiger partial charge is 0.366 e. The molecule has 2 amide bonds. The lowest BCUT2D eigenvalue weighted by Crippen LogP contribution is -2.16. The van der Waals surface area contributed by atoms with Crippen molar-refractivity contribution in [3.63, 3.8) is 0 Å². The van der Waals surface area contributed by atoms with E-state index in [9.17, 15) is 29.8 Å². The number of pyridine rings is 2. The van der Waals surface area contributed by atoms with Crippen LogP contribution in [0.4, 0.5) is 23.0 Å². The van der Waals surface area contributed by atoms with Crippen LogP contribution >= 0.6 is 0 Å². The maximum atomic E-state index is 11.4. The minimum absolute atomic E-state index is 0.0822. The van der Waals surface area contributed by atoms with Crippen LogP contribution in [-0.4, -0.2) is 44.7 Å². The molecular weight excluding hydrogens is 400 g/mol. The minimum Gasteiger partial charge on any atom is -0.366 e. The first-order valence-electron chi connectivity index (χ1n) is 8.22. The normalized spacial score (nSPS) is 10.5. The van der Waals surface area contributed by atoms with Crippen molar-refractivity contribution in [2.24, 2.45) is 11.5 Å². The van der Waals surface area contributed by atoms with Gasteiger partial charge in [0.15, 0.2) is 0 Å². The van der Waals surface area contributed by atoms with Gasteiger partial charge in [-0.1, -0.05) is 12.2 Å². The van der Waals surface area contributed by atoms with Crippen LogP contribution in [0.3, 0.4) is 0 Å². The molecule has 2 aromatic heterocycles. The smallest absolute Gasteiger partial charge is 0.288 e. The van der Waals surface area contributed by atoms with E-state index >= 15 is 0 Å². The Labute approximate surface area is 168 Å². The molecule has 14 nitrogen and oxygen atoms in total. The van der Waals surface area contributed by atoms with Crippen LogP contribution in [0.25, 0.3) is 0 Å². The zero-order valence-corrected chi connectivity index (χ0v) is 15.3. The number of carbonyl (C=O) groups excluding carboxylic acids is 2. The van der Waals surface area contributed by atoms with Crippen LogP contribution in [0.5, 0.6) is 0 Å². The summed E-state index contributed by atoms with van der Waals surface area (Å²) in [6.45, 7) is 0.395. The van der Waals surface area contributed by atoms with E-state index in [1.165, 1.54) is 0 Å². The predicted octanol–water partition coefficient (Wildman–Crippen LogP) is 0.571. The molecule has 0 bridgehead atoms. The van der Waals surface area contributed by atoms with E-state index in [1.54, 1.807) is 12.2 Å². The highest BCUT2D eigenvalue weighted by Crippen LogP contribution is 2.19. The second-order valence-electron chi connectivity index (χ2n) is 5.66. The molecule has 6 N–H and O–H groups in total. The molecule has 0 fully saturated rings. The highest BCUT2D eigenvalue weighted by molar-refractivity contribution is 5.98. The molecule has 2 heterocycles. The number of anilines is 2. The third-order valence-corrected chi connectivity index (χ3v) is 3.64. The fraction of sp³-hybridized carbons (Fsp3) is 0.125. The number of hydrogen-bond acceptors (Lipinski definition) is 10. The third kappa shape index (κ3) is 5.44. The standard InChI is InChI=1S/C16H16N8O6/c17-13(25)11-5-9(23(27)28)7-21-15(11)19-3-1-2-4-20-16-12(14(18)26)6-10(8-22-16)24(29)30/h1-2,5-8H,3-4H2,(H2,17,25)(H2,18,26)(H,19,21)(H,20,22). The minimum atomic E-state index is -0.873. The second kappa shape index (κ2) is 9.54. The van der Waals surface area contributed by atoms with Gasteiger partial charge in [-0.25, -0.2) is 9.97 Å². The van der Waals surface area contributed by atoms with Crippen molar-refractivity contribution < 1.29 is 19.4 Å². The number of nitro groups is 2. The number of nitrogens with zero attached hydrogens (tertiary/aromatic N) is 4. The molecule has 0 atom stereocenters. The van der Waals surface area contributed by atoms with E-state index in [1.807, 2.05) is 0 Å². The SMILES string of the molecule is NC(=O)c1cc([N+](=O)[O-])cnc1NCC=CCNc1ncc([N+](=O)[O-])cc1C(N)=O. The van der Waals surface area contributed by atoms with Gasteiger partial charge in [-0.2, -0.15) is 0 Å². The Kier molecular flexibility index (Phi) is 6.89. The van der Waals surface area contributed by atoms with E-state index in [0.717, 1.165) is 24.5 Å². The number of nitrogens with one attached hydrogen (secondary N) is 2. The molecule has 30 heavy (non-hydrogen) atoms. The summed E-state index contributed by atoms with van der Waals surface area (Å²) in [5.74, 6) is -1.58. The summed E-state index contributed by atoms with van der Waals surface area (Å²) >= 11 is 0. The van der Waals surface area contributed by atoms with Crippen molar-refractivity contribution in [3.05, 3.63) is 68.0 Å². The van der Waals surface area contributed by atoms with Gasteiger partial charge in [0.2, 0.25) is 0 Å². The molecule has 156 valence electrons. The van der Waals surface area contributed by atoms with Crippen molar-refractivity contribution in [2.75, 3.05) is 23.7 Å². The van der Waals surface area contributed by atoms with E-state index in [4.69, 9.17) is 11.5 Å². The quantitative estimate of drug-likeness (QED) is 0.239. The summed E-state index contributed by atoms with van der Waals surface area (Å²) in [5.41, 5.74) is 9.44. The predicted molar refractivity (Wildman–Crippen MR) is 105 cm³/mol. The van der Waals surface area contributed by atoms with Gasteiger partial charge in [-0.15, -0.1) is 0 Å². The summed E-state index contributed by atoms with van der Waals surface area (Å²) < 4.78 is 0. The first-order valence-corrected chi connectivity index (χ1v) is 8.22. The number of primary amides is 2. The number of nitrogens with two attached hydrogens (primary N) is 2. The molecular formula is C16H16N8O6. The number of carbonyl (C=O) groups is 2. The lowest BCUT2D eigenvalue weighted by atomic mass is 10.2. The van der Waals surface area contributed by atoms with Gasteiger partial charge < -0.3 is 22.1 Å². The Morgan fingerprint density at radius 2 is 1.23 bits per heavy atom. The second-order valence-corrected chi connectivity index (χ2v) is 5.66. The zero-order valence-electron chi connectivity index (χ0n) is 15.3. The maximum Gasteiger partial charge on any atom is 0.288 e. The fourth-order valence-corrected chi connectivity index (χ4v) is 2.24. The molecule has 0 spiro atoms. The molecule has 0 unspecified atom stereocenters. The Balaban J connectivity index is 1.97. The van der Waals surface area contributed by atoms with Gasteiger partial charge in [0.05, 0.1) is 21.0 Å². The van der Waals surface area contributed by atoms with Gasteiger partial charge in [0.25, 0.3) is 23.2 Å². The number of amides is 2. The van der Waals surface area contributed by atoms with E-state index in [2.05, 4.69) is 20.6 Å². The van der Waals surface area contributed by atoms with Gasteiger partial charge in [0.1, 0.15) is 24.0 Å². The van der Waals surface area contributed by atoms with Crippen molar-refractivity contribution in [1.82, 2.24) is 9.97 Å². The van der Waals surface area contributed by atoms with Gasteiger partial charge in [-0.3, -0.25) is 29.8 Å². The first-order chi connectivity index (χ1) is 14.2. The molecule has 0 aromatic carbocycles. The Bertz CT molecular complexity index is 957. The Morgan fingerprint density at radius 3 is 1.53 bits per heavy atom. The topological polar surface area (TPSA) is 222 Å². The average molecular weight is 416 g/mol. The van der Waals surface area contributed by atoms with Crippen LogP contribution in [0.1, 0.15) is 20.7 Å². The number of rotatable bonds is 10. The van der Waals surface area contributed by atoms with Gasteiger partial charge >= 0.3 is 0 Å². The van der Waals surface area contributed by atoms with Crippen molar-refractivity contribution in [3.8, 4) is 0 Å². The van der Waals surface area contributed by atoms with Crippen LogP contribution < -0.4 is 22.1 Å². The lowest BCUT2D eigenvalue weighted by molar-refractivity contribution is -0.385. The molecule has 2 aromatic rings.